The zero-order valence-corrected chi connectivity index (χ0v) is 23.6. The molecule has 2 aromatic heterocycles. The van der Waals surface area contributed by atoms with Gasteiger partial charge in [-0.1, -0.05) is 30.5 Å². The number of pyridine rings is 1. The van der Waals surface area contributed by atoms with Crippen LogP contribution < -0.4 is 5.32 Å². The molecular weight excluding hydrogens is 613 g/mol. The van der Waals surface area contributed by atoms with Crippen molar-refractivity contribution in [3.63, 3.8) is 0 Å². The van der Waals surface area contributed by atoms with Gasteiger partial charge in [0, 0.05) is 39.8 Å². The second-order valence-electron chi connectivity index (χ2n) is 9.85. The zero-order valence-electron chi connectivity index (χ0n) is 22.8. The average molecular weight is 642 g/mol. The first-order valence-corrected chi connectivity index (χ1v) is 13.7. The second-order valence-corrected chi connectivity index (χ2v) is 11.1. The molecule has 44 heavy (non-hydrogen) atoms. The van der Waals surface area contributed by atoms with Crippen LogP contribution in [0.15, 0.2) is 72.3 Å². The number of rotatable bonds is 12. The molecule has 0 bridgehead atoms. The maximum Gasteiger partial charge on any atom is 0.416 e. The highest BCUT2D eigenvalue weighted by molar-refractivity contribution is 8.00. The largest absolute Gasteiger partial charge is 0.416 e. The fraction of sp³-hybridized carbons (Fsp3) is 0.276. The van der Waals surface area contributed by atoms with Crippen molar-refractivity contribution in [2.75, 3.05) is 13.3 Å². The lowest BCUT2D eigenvalue weighted by atomic mass is 10.0. The van der Waals surface area contributed by atoms with Gasteiger partial charge in [0.2, 0.25) is 0 Å². The SMILES string of the molecule is C=C(NC(CO)c1ccc(SC(O)(O)C(O)(O)O)cn1)c1ccc2c(c1)cc(Cc1ccc(F)cc1C(F)(F)F)n2CCF. The molecule has 0 saturated carbocycles. The van der Waals surface area contributed by atoms with Gasteiger partial charge in [0.05, 0.1) is 30.5 Å². The molecule has 15 heteroatoms. The molecule has 0 aliphatic heterocycles. The van der Waals surface area contributed by atoms with Crippen LogP contribution in [0.3, 0.4) is 0 Å². The van der Waals surface area contributed by atoms with Gasteiger partial charge in [0.15, 0.2) is 0 Å². The summed E-state index contributed by atoms with van der Waals surface area (Å²) in [5.41, 5.74) is 0.831. The molecule has 0 spiro atoms. The molecule has 1 unspecified atom stereocenters. The molecule has 0 radical (unpaired) electrons. The zero-order chi connectivity index (χ0) is 32.4. The van der Waals surface area contributed by atoms with Gasteiger partial charge in [-0.15, -0.1) is 0 Å². The Morgan fingerprint density at radius 3 is 2.32 bits per heavy atom. The summed E-state index contributed by atoms with van der Waals surface area (Å²) >= 11 is 0.102. The van der Waals surface area contributed by atoms with E-state index in [1.807, 2.05) is 0 Å². The van der Waals surface area contributed by atoms with Crippen molar-refractivity contribution in [3.05, 3.63) is 101 Å². The summed E-state index contributed by atoms with van der Waals surface area (Å²) in [7, 11) is 0. The van der Waals surface area contributed by atoms with Gasteiger partial charge < -0.3 is 40.5 Å². The lowest BCUT2D eigenvalue weighted by Gasteiger charge is -2.28. The van der Waals surface area contributed by atoms with Crippen LogP contribution >= 0.6 is 11.8 Å². The predicted molar refractivity (Wildman–Crippen MR) is 151 cm³/mol. The molecule has 4 aromatic rings. The van der Waals surface area contributed by atoms with Crippen molar-refractivity contribution in [2.24, 2.45) is 0 Å². The van der Waals surface area contributed by atoms with Crippen molar-refractivity contribution in [1.29, 1.82) is 0 Å². The standard InChI is InChI=1S/C29H28F5N3O6S/c1-16(36-25(15-38)24-6-5-22(14-35-24)44-29(42,43)28(39,40)41)17-3-7-26-19(10-17)12-21(37(26)9-8-30)11-18-2-4-20(31)13-23(18)27(32,33)34/h2-7,10,12-14,25,36,38-43H,1,8-9,11,15H2. The van der Waals surface area contributed by atoms with E-state index < -0.39 is 48.0 Å². The molecule has 0 saturated heterocycles. The Bertz CT molecular complexity index is 1640. The highest BCUT2D eigenvalue weighted by Gasteiger charge is 2.47. The van der Waals surface area contributed by atoms with E-state index in [9.17, 15) is 37.3 Å². The van der Waals surface area contributed by atoms with Gasteiger partial charge in [0.25, 0.3) is 0 Å². The minimum atomic E-state index is -4.78. The number of halogens is 5. The van der Waals surface area contributed by atoms with Crippen LogP contribution in [-0.4, -0.2) is 64.6 Å². The molecule has 9 nitrogen and oxygen atoms in total. The van der Waals surface area contributed by atoms with Gasteiger partial charge >= 0.3 is 17.3 Å². The third kappa shape index (κ3) is 7.38. The Kier molecular flexibility index (Phi) is 9.70. The van der Waals surface area contributed by atoms with Crippen LogP contribution in [0.25, 0.3) is 16.6 Å². The number of aliphatic hydroxyl groups excluding tert-OH is 1. The van der Waals surface area contributed by atoms with Crippen LogP contribution in [0.2, 0.25) is 0 Å². The van der Waals surface area contributed by atoms with Crippen LogP contribution in [0.4, 0.5) is 22.0 Å². The normalized spacial score (nSPS) is 13.3. The van der Waals surface area contributed by atoms with E-state index in [-0.39, 0.29) is 35.2 Å². The number of hydrogen-bond acceptors (Lipinski definition) is 9. The first kappa shape index (κ1) is 33.3. The van der Waals surface area contributed by atoms with Crippen molar-refractivity contribution in [1.82, 2.24) is 14.9 Å². The quantitative estimate of drug-likeness (QED) is 0.0702. The van der Waals surface area contributed by atoms with Gasteiger partial charge in [-0.2, -0.15) is 13.2 Å². The number of hydrogen-bond donors (Lipinski definition) is 7. The predicted octanol–water partition coefficient (Wildman–Crippen LogP) is 3.41. The minimum absolute atomic E-state index is 0.0397. The Morgan fingerprint density at radius 1 is 1.00 bits per heavy atom. The minimum Gasteiger partial charge on any atom is -0.394 e. The molecule has 0 fully saturated rings. The molecule has 1 atom stereocenters. The molecular formula is C29H28F5N3O6S. The summed E-state index contributed by atoms with van der Waals surface area (Å²) in [6.45, 7) is 2.65. The fourth-order valence-electron chi connectivity index (χ4n) is 4.57. The van der Waals surface area contributed by atoms with E-state index in [0.717, 1.165) is 18.3 Å². The summed E-state index contributed by atoms with van der Waals surface area (Å²) in [5, 5.41) is 56.6. The van der Waals surface area contributed by atoms with Crippen molar-refractivity contribution < 1.29 is 52.6 Å². The van der Waals surface area contributed by atoms with Gasteiger partial charge in [-0.05, 0) is 53.6 Å². The third-order valence-corrected chi connectivity index (χ3v) is 7.77. The molecule has 0 amide bonds. The summed E-state index contributed by atoms with van der Waals surface area (Å²) in [4.78, 5) is 4.16. The van der Waals surface area contributed by atoms with Crippen LogP contribution in [0.1, 0.15) is 34.1 Å². The highest BCUT2D eigenvalue weighted by Crippen LogP contribution is 2.36. The molecule has 0 aliphatic carbocycles. The smallest absolute Gasteiger partial charge is 0.394 e. The number of benzene rings is 2. The maximum atomic E-state index is 13.6. The molecule has 7 N–H and O–H groups in total. The molecule has 2 aromatic carbocycles. The summed E-state index contributed by atoms with van der Waals surface area (Å²) in [6.07, 6.45) is -3.87. The topological polar surface area (TPSA) is 151 Å². The van der Waals surface area contributed by atoms with Gasteiger partial charge in [0.1, 0.15) is 12.5 Å². The molecule has 2 heterocycles. The first-order chi connectivity index (χ1) is 20.5. The van der Waals surface area contributed by atoms with Gasteiger partial charge in [-0.25, -0.2) is 8.78 Å². The second kappa shape index (κ2) is 12.8. The lowest BCUT2D eigenvalue weighted by molar-refractivity contribution is -0.411. The number of fused-ring (bicyclic) bond motifs is 1. The molecule has 4 rings (SSSR count). The molecule has 0 aliphatic rings. The maximum absolute atomic E-state index is 13.6. The number of nitrogens with one attached hydrogen (secondary N) is 1. The number of thioether (sulfide) groups is 1. The van der Waals surface area contributed by atoms with Crippen LogP contribution in [0.5, 0.6) is 0 Å². The Hall–Kier alpha value is -3.57. The third-order valence-electron chi connectivity index (χ3n) is 6.74. The number of nitrogens with zero attached hydrogens (tertiary/aromatic N) is 2. The highest BCUT2D eigenvalue weighted by atomic mass is 32.2. The van der Waals surface area contributed by atoms with E-state index in [0.29, 0.717) is 39.6 Å². The number of aliphatic hydroxyl groups is 6. The lowest BCUT2D eigenvalue weighted by Crippen LogP contribution is -2.51. The van der Waals surface area contributed by atoms with E-state index in [1.165, 1.54) is 12.1 Å². The van der Waals surface area contributed by atoms with E-state index in [1.54, 1.807) is 28.8 Å². The van der Waals surface area contributed by atoms with Crippen molar-refractivity contribution in [3.8, 4) is 0 Å². The number of aromatic nitrogens is 2. The number of alkyl halides is 4. The van der Waals surface area contributed by atoms with Gasteiger partial charge in [-0.3, -0.25) is 4.98 Å². The van der Waals surface area contributed by atoms with Crippen molar-refractivity contribution >= 4 is 28.4 Å². The Morgan fingerprint density at radius 2 is 1.73 bits per heavy atom. The Balaban J connectivity index is 1.57. The van der Waals surface area contributed by atoms with Crippen LogP contribution in [-0.2, 0) is 19.1 Å². The monoisotopic (exact) mass is 641 g/mol. The first-order valence-electron chi connectivity index (χ1n) is 12.9. The van der Waals surface area contributed by atoms with E-state index in [4.69, 9.17) is 15.3 Å². The Labute approximate surface area is 251 Å². The van der Waals surface area contributed by atoms with E-state index >= 15 is 0 Å². The van der Waals surface area contributed by atoms with Crippen molar-refractivity contribution in [2.45, 2.75) is 41.2 Å². The molecule has 236 valence electrons. The fourth-order valence-corrected chi connectivity index (χ4v) is 5.28. The summed E-state index contributed by atoms with van der Waals surface area (Å²) in [6, 6.07) is 11.0. The number of aryl methyl sites for hydroxylation is 1. The van der Waals surface area contributed by atoms with Crippen LogP contribution in [0, 0.1) is 5.82 Å². The summed E-state index contributed by atoms with van der Waals surface area (Å²) < 4.78 is 69.4. The summed E-state index contributed by atoms with van der Waals surface area (Å²) in [5.74, 6) is -4.84. The van der Waals surface area contributed by atoms with E-state index in [2.05, 4.69) is 16.9 Å². The average Bonchev–Trinajstić information content (AvgIpc) is 3.28.